The second kappa shape index (κ2) is 8.46. The molecule has 1 aliphatic rings. The van der Waals surface area contributed by atoms with E-state index in [0.717, 1.165) is 44.0 Å². The molecule has 0 radical (unpaired) electrons. The van der Waals surface area contributed by atoms with E-state index in [1.165, 1.54) is 5.56 Å². The summed E-state index contributed by atoms with van der Waals surface area (Å²) in [6.07, 6.45) is 1.97. The molecule has 2 aromatic rings. The molecule has 7 heteroatoms. The summed E-state index contributed by atoms with van der Waals surface area (Å²) in [4.78, 5) is 2.68. The number of sulfonamides is 1. The molecule has 0 unspecified atom stereocenters. The Morgan fingerprint density at radius 1 is 1.19 bits per heavy atom. The number of nitrogens with one attached hydrogen (secondary N) is 1. The van der Waals surface area contributed by atoms with Crippen LogP contribution in [0.15, 0.2) is 39.6 Å². The monoisotopic (exact) mass is 392 g/mol. The Labute approximate surface area is 161 Å². The zero-order chi connectivity index (χ0) is 19.4. The minimum absolute atomic E-state index is 0.270. The molecule has 1 saturated heterocycles. The number of likely N-dealkylation sites (tertiary alicyclic amines) is 1. The molecule has 0 atom stereocenters. The van der Waals surface area contributed by atoms with Gasteiger partial charge < -0.3 is 9.15 Å². The highest BCUT2D eigenvalue weighted by atomic mass is 32.2. The first-order chi connectivity index (χ1) is 12.9. The molecule has 148 valence electrons. The number of nitrogens with zero attached hydrogens (tertiary/aromatic N) is 1. The predicted molar refractivity (Wildman–Crippen MR) is 104 cm³/mol. The van der Waals surface area contributed by atoms with Crippen LogP contribution in [0.25, 0.3) is 0 Å². The maximum absolute atomic E-state index is 12.4. The van der Waals surface area contributed by atoms with Crippen molar-refractivity contribution in [2.45, 2.75) is 38.1 Å². The van der Waals surface area contributed by atoms with E-state index in [1.807, 2.05) is 13.8 Å². The maximum atomic E-state index is 12.4. The summed E-state index contributed by atoms with van der Waals surface area (Å²) in [6, 6.07) is 8.56. The third-order valence-electron chi connectivity index (χ3n) is 5.18. The van der Waals surface area contributed by atoms with Crippen molar-refractivity contribution in [3.8, 4) is 5.75 Å². The fraction of sp³-hybridized carbons (Fsp3) is 0.500. The van der Waals surface area contributed by atoms with Crippen molar-refractivity contribution < 1.29 is 17.6 Å². The Kier molecular flexibility index (Phi) is 6.24. The van der Waals surface area contributed by atoms with Crippen molar-refractivity contribution in [1.29, 1.82) is 0 Å². The number of hydrogen-bond donors (Lipinski definition) is 1. The van der Waals surface area contributed by atoms with Crippen molar-refractivity contribution in [2.75, 3.05) is 26.7 Å². The van der Waals surface area contributed by atoms with Crippen LogP contribution in [-0.4, -0.2) is 40.1 Å². The van der Waals surface area contributed by atoms with Crippen LogP contribution in [0.4, 0.5) is 0 Å². The van der Waals surface area contributed by atoms with Crippen molar-refractivity contribution in [1.82, 2.24) is 9.62 Å². The standard InChI is InChI=1S/C20H28N2O4S/c1-15-12-18(16(2)26-15)14-22-10-8-17(9-11-22)13-21-27(23,24)20-6-4-19(25-3)5-7-20/h4-7,12,17,21H,8-11,13-14H2,1-3H3. The summed E-state index contributed by atoms with van der Waals surface area (Å²) in [5.74, 6) is 2.94. The topological polar surface area (TPSA) is 71.8 Å². The number of benzene rings is 1. The molecular formula is C20H28N2O4S. The number of ether oxygens (including phenoxy) is 1. The molecule has 0 amide bonds. The molecule has 1 aliphatic heterocycles. The summed E-state index contributed by atoms with van der Waals surface area (Å²) in [6.45, 7) is 7.29. The molecule has 0 aliphatic carbocycles. The van der Waals surface area contributed by atoms with Gasteiger partial charge in [0.25, 0.3) is 0 Å². The summed E-state index contributed by atoms with van der Waals surface area (Å²) < 4.78 is 38.3. The average molecular weight is 393 g/mol. The van der Waals surface area contributed by atoms with Crippen LogP contribution in [0.1, 0.15) is 29.9 Å². The summed E-state index contributed by atoms with van der Waals surface area (Å²) in [5.41, 5.74) is 1.24. The highest BCUT2D eigenvalue weighted by Crippen LogP contribution is 2.22. The molecule has 1 fully saturated rings. The largest absolute Gasteiger partial charge is 0.497 e. The van der Waals surface area contributed by atoms with Gasteiger partial charge in [-0.05, 0) is 76.0 Å². The lowest BCUT2D eigenvalue weighted by Crippen LogP contribution is -2.38. The van der Waals surface area contributed by atoms with E-state index in [1.54, 1.807) is 31.4 Å². The molecule has 0 bridgehead atoms. The van der Waals surface area contributed by atoms with Gasteiger partial charge in [0.15, 0.2) is 0 Å². The molecule has 1 N–H and O–H groups in total. The fourth-order valence-electron chi connectivity index (χ4n) is 3.50. The molecule has 1 aromatic heterocycles. The van der Waals surface area contributed by atoms with Crippen LogP contribution in [-0.2, 0) is 16.6 Å². The zero-order valence-corrected chi connectivity index (χ0v) is 17.0. The number of piperidine rings is 1. The van der Waals surface area contributed by atoms with E-state index in [0.29, 0.717) is 18.2 Å². The lowest BCUT2D eigenvalue weighted by atomic mass is 9.97. The lowest BCUT2D eigenvalue weighted by molar-refractivity contribution is 0.178. The van der Waals surface area contributed by atoms with Gasteiger partial charge in [-0.3, -0.25) is 4.90 Å². The van der Waals surface area contributed by atoms with Gasteiger partial charge in [-0.2, -0.15) is 0 Å². The summed E-state index contributed by atoms with van der Waals surface area (Å²) in [5, 5.41) is 0. The van der Waals surface area contributed by atoms with E-state index in [2.05, 4.69) is 15.7 Å². The minimum atomic E-state index is -3.48. The van der Waals surface area contributed by atoms with Crippen LogP contribution in [0, 0.1) is 19.8 Å². The average Bonchev–Trinajstić information content (AvgIpc) is 2.98. The molecular weight excluding hydrogens is 364 g/mol. The highest BCUT2D eigenvalue weighted by Gasteiger charge is 2.22. The van der Waals surface area contributed by atoms with Gasteiger partial charge in [0.2, 0.25) is 10.0 Å². The first kappa shape index (κ1) is 19.9. The molecule has 0 saturated carbocycles. The number of methoxy groups -OCH3 is 1. The van der Waals surface area contributed by atoms with E-state index >= 15 is 0 Å². The third-order valence-corrected chi connectivity index (χ3v) is 6.62. The first-order valence-corrected chi connectivity index (χ1v) is 10.8. The molecule has 27 heavy (non-hydrogen) atoms. The molecule has 0 spiro atoms. The number of aryl methyl sites for hydroxylation is 2. The van der Waals surface area contributed by atoms with E-state index in [9.17, 15) is 8.42 Å². The molecule has 2 heterocycles. The van der Waals surface area contributed by atoms with Gasteiger partial charge >= 0.3 is 0 Å². The van der Waals surface area contributed by atoms with Crippen molar-refractivity contribution in [3.05, 3.63) is 47.4 Å². The Hall–Kier alpha value is -1.83. The number of hydrogen-bond acceptors (Lipinski definition) is 5. The molecule has 3 rings (SSSR count). The Bertz CT molecular complexity index is 851. The second-order valence-corrected chi connectivity index (χ2v) is 8.95. The normalized spacial score (nSPS) is 16.6. The van der Waals surface area contributed by atoms with Crippen LogP contribution in [0.2, 0.25) is 0 Å². The van der Waals surface area contributed by atoms with Gasteiger partial charge in [0.1, 0.15) is 17.3 Å². The van der Waals surface area contributed by atoms with Crippen LogP contribution in [0.5, 0.6) is 5.75 Å². The Morgan fingerprint density at radius 2 is 1.85 bits per heavy atom. The van der Waals surface area contributed by atoms with Gasteiger partial charge in [0, 0.05) is 18.7 Å². The van der Waals surface area contributed by atoms with Crippen LogP contribution in [0.3, 0.4) is 0 Å². The first-order valence-electron chi connectivity index (χ1n) is 9.29. The summed E-state index contributed by atoms with van der Waals surface area (Å²) >= 11 is 0. The van der Waals surface area contributed by atoms with Crippen molar-refractivity contribution >= 4 is 10.0 Å². The number of furan rings is 1. The SMILES string of the molecule is COc1ccc(S(=O)(=O)NCC2CCN(Cc3cc(C)oc3C)CC2)cc1. The number of rotatable bonds is 7. The van der Waals surface area contributed by atoms with Crippen LogP contribution < -0.4 is 9.46 Å². The fourth-order valence-corrected chi connectivity index (χ4v) is 4.61. The highest BCUT2D eigenvalue weighted by molar-refractivity contribution is 7.89. The van der Waals surface area contributed by atoms with Crippen molar-refractivity contribution in [2.24, 2.45) is 5.92 Å². The van der Waals surface area contributed by atoms with Gasteiger partial charge in [-0.15, -0.1) is 0 Å². The second-order valence-electron chi connectivity index (χ2n) is 7.19. The third kappa shape index (κ3) is 5.12. The molecule has 1 aromatic carbocycles. The lowest BCUT2D eigenvalue weighted by Gasteiger charge is -2.31. The van der Waals surface area contributed by atoms with Gasteiger partial charge in [-0.1, -0.05) is 0 Å². The van der Waals surface area contributed by atoms with E-state index < -0.39 is 10.0 Å². The van der Waals surface area contributed by atoms with Gasteiger partial charge in [-0.25, -0.2) is 13.1 Å². The minimum Gasteiger partial charge on any atom is -0.497 e. The zero-order valence-electron chi connectivity index (χ0n) is 16.2. The van der Waals surface area contributed by atoms with Crippen LogP contribution >= 0.6 is 0 Å². The Balaban J connectivity index is 1.48. The predicted octanol–water partition coefficient (Wildman–Crippen LogP) is 3.10. The summed E-state index contributed by atoms with van der Waals surface area (Å²) in [7, 11) is -1.92. The van der Waals surface area contributed by atoms with E-state index in [4.69, 9.17) is 9.15 Å². The molecule has 6 nitrogen and oxygen atoms in total. The van der Waals surface area contributed by atoms with E-state index in [-0.39, 0.29) is 4.90 Å². The van der Waals surface area contributed by atoms with Crippen molar-refractivity contribution in [3.63, 3.8) is 0 Å². The van der Waals surface area contributed by atoms with Gasteiger partial charge in [0.05, 0.1) is 12.0 Å². The quantitative estimate of drug-likeness (QED) is 0.784. The smallest absolute Gasteiger partial charge is 0.240 e. The maximum Gasteiger partial charge on any atom is 0.240 e. The Morgan fingerprint density at radius 3 is 2.41 bits per heavy atom.